The fraction of sp³-hybridized carbons (Fsp3) is 0.433. The molecular weight excluding hydrogens is 746 g/mol. The number of nitrogen functional groups attached to an aromatic ring is 1. The van der Waals surface area contributed by atoms with Crippen molar-refractivity contribution in [2.24, 2.45) is 0 Å². The maximum absolute atomic E-state index is 10.8. The number of nitrogens with one attached hydrogen (secondary N) is 1. The van der Waals surface area contributed by atoms with Crippen molar-refractivity contribution in [3.63, 3.8) is 0 Å². The van der Waals surface area contributed by atoms with Gasteiger partial charge in [-0.15, -0.1) is 27.5 Å². The van der Waals surface area contributed by atoms with Crippen molar-refractivity contribution in [2.45, 2.75) is 63.5 Å². The molecule has 1 aromatic carbocycles. The fourth-order valence-electron chi connectivity index (χ4n) is 3.73. The number of benzene rings is 1. The SMILES string of the molecule is CC(C)Nc1cc(Cl)ncc1N.CC(C)n1c(CCl)nc2cnc(Cl)cc21.COC(CCl)(OC)OC.Cc1ccc(S(=O)(=O)OO)cc1.O. The van der Waals surface area contributed by atoms with Gasteiger partial charge >= 0.3 is 10.1 Å². The van der Waals surface area contributed by atoms with Gasteiger partial charge in [0.25, 0.3) is 5.97 Å². The van der Waals surface area contributed by atoms with E-state index in [-0.39, 0.29) is 16.3 Å². The molecule has 0 saturated heterocycles. The van der Waals surface area contributed by atoms with Crippen LogP contribution in [0.4, 0.5) is 11.4 Å². The molecule has 4 aromatic rings. The van der Waals surface area contributed by atoms with Gasteiger partial charge in [-0.1, -0.05) is 40.9 Å². The van der Waals surface area contributed by atoms with Gasteiger partial charge in [0.15, 0.2) is 0 Å². The Morgan fingerprint density at radius 3 is 1.92 bits per heavy atom. The van der Waals surface area contributed by atoms with Gasteiger partial charge < -0.3 is 35.3 Å². The summed E-state index contributed by atoms with van der Waals surface area (Å²) in [4.78, 5) is 12.2. The summed E-state index contributed by atoms with van der Waals surface area (Å²) in [6, 6.07) is 10.1. The average Bonchev–Trinajstić information content (AvgIpc) is 3.43. The third-order valence-corrected chi connectivity index (χ3v) is 8.13. The van der Waals surface area contributed by atoms with E-state index in [9.17, 15) is 8.42 Å². The second kappa shape index (κ2) is 22.3. The number of pyridine rings is 2. The fourth-order valence-corrected chi connectivity index (χ4v) is 5.11. The topological polar surface area (TPSA) is 204 Å². The van der Waals surface area contributed by atoms with Crippen LogP contribution in [0.5, 0.6) is 0 Å². The predicted octanol–water partition coefficient (Wildman–Crippen LogP) is 6.71. The molecule has 0 unspecified atom stereocenters. The lowest BCUT2D eigenvalue weighted by atomic mass is 10.2. The highest BCUT2D eigenvalue weighted by Gasteiger charge is 2.27. The van der Waals surface area contributed by atoms with Crippen LogP contribution in [0.25, 0.3) is 11.0 Å². The van der Waals surface area contributed by atoms with Crippen molar-refractivity contribution in [2.75, 3.05) is 38.3 Å². The number of halogens is 4. The zero-order valence-electron chi connectivity index (χ0n) is 28.4. The normalized spacial score (nSPS) is 11.1. The van der Waals surface area contributed by atoms with Crippen molar-refractivity contribution in [1.82, 2.24) is 19.5 Å². The number of aromatic nitrogens is 4. The van der Waals surface area contributed by atoms with Gasteiger partial charge in [-0.05, 0) is 46.8 Å². The lowest BCUT2D eigenvalue weighted by molar-refractivity contribution is -0.337. The van der Waals surface area contributed by atoms with E-state index in [0.29, 0.717) is 34.0 Å². The first-order chi connectivity index (χ1) is 22.5. The number of imidazole rings is 1. The smallest absolute Gasteiger partial charge is 0.323 e. The van der Waals surface area contributed by atoms with Crippen LogP contribution in [0.1, 0.15) is 45.1 Å². The molecule has 0 bridgehead atoms. The minimum atomic E-state index is -3.96. The number of hydrogen-bond donors (Lipinski definition) is 3. The van der Waals surface area contributed by atoms with E-state index in [1.807, 2.05) is 26.8 Å². The van der Waals surface area contributed by atoms with Crippen LogP contribution >= 0.6 is 46.4 Å². The monoisotopic (exact) mass is 788 g/mol. The van der Waals surface area contributed by atoms with Gasteiger partial charge in [0.05, 0.1) is 40.1 Å². The van der Waals surface area contributed by atoms with E-state index in [4.69, 9.17) is 71.6 Å². The number of rotatable bonds is 10. The third-order valence-electron chi connectivity index (χ3n) is 6.10. The van der Waals surface area contributed by atoms with E-state index >= 15 is 0 Å². The molecule has 0 aliphatic heterocycles. The highest BCUT2D eigenvalue weighted by atomic mass is 35.5. The Bertz CT molecular complexity index is 1640. The van der Waals surface area contributed by atoms with Gasteiger partial charge in [0.1, 0.15) is 27.5 Å². The minimum absolute atomic E-state index is 0. The number of nitrogens with two attached hydrogens (primary N) is 1. The molecule has 4 rings (SSSR count). The van der Waals surface area contributed by atoms with Crippen molar-refractivity contribution in [3.8, 4) is 0 Å². The molecule has 0 fully saturated rings. The second-order valence-corrected chi connectivity index (χ2v) is 13.1. The zero-order chi connectivity index (χ0) is 36.7. The molecule has 0 atom stereocenters. The highest BCUT2D eigenvalue weighted by Crippen LogP contribution is 2.24. The van der Waals surface area contributed by atoms with Gasteiger partial charge in [-0.3, -0.25) is 0 Å². The summed E-state index contributed by atoms with van der Waals surface area (Å²) in [6.45, 7) is 10.1. The van der Waals surface area contributed by atoms with E-state index in [1.165, 1.54) is 33.5 Å². The number of nitrogens with zero attached hydrogens (tertiary/aromatic N) is 4. The summed E-state index contributed by atoms with van der Waals surface area (Å²) >= 11 is 22.9. The first-order valence-electron chi connectivity index (χ1n) is 14.1. The summed E-state index contributed by atoms with van der Waals surface area (Å²) in [5.41, 5.74) is 9.87. The molecule has 3 heterocycles. The standard InChI is InChI=1S/C10H11Cl2N3.C8H12ClN3.C7H8O4S.C5H11ClO3.H2O/c1-6(2)15-8-3-9(12)13-5-7(8)14-10(15)4-11;1-5(2)12-7-3-8(9)11-4-6(7)10;1-6-2-4-7(5-3-6)12(9,10)11-8;1-7-5(4-6,8-2)9-3;/h3,5-6H,4H2,1-2H3;3-5H,10H2,1-2H3,(H,11,12);2-5,8H,1H3;4H2,1-3H3;1H2. The number of ether oxygens (including phenoxy) is 3. The van der Waals surface area contributed by atoms with E-state index in [2.05, 4.69) is 43.0 Å². The molecule has 276 valence electrons. The number of hydrogen-bond acceptors (Lipinski definition) is 12. The molecule has 0 aliphatic carbocycles. The van der Waals surface area contributed by atoms with Gasteiger partial charge in [0.2, 0.25) is 0 Å². The van der Waals surface area contributed by atoms with Crippen molar-refractivity contribution in [1.29, 1.82) is 0 Å². The number of anilines is 2. The maximum Gasteiger partial charge on any atom is 0.323 e. The molecule has 0 amide bonds. The Kier molecular flexibility index (Phi) is 21.2. The Balaban J connectivity index is 0.000000633. The van der Waals surface area contributed by atoms with Gasteiger partial charge in [0, 0.05) is 45.5 Å². The molecular formula is C30H44Cl4N6O8S. The molecule has 0 aliphatic rings. The van der Waals surface area contributed by atoms with Crippen LogP contribution in [0.2, 0.25) is 10.3 Å². The number of fused-ring (bicyclic) bond motifs is 1. The van der Waals surface area contributed by atoms with Gasteiger partial charge in [-0.2, -0.15) is 8.42 Å². The van der Waals surface area contributed by atoms with Crippen LogP contribution < -0.4 is 11.1 Å². The van der Waals surface area contributed by atoms with Crippen LogP contribution in [0.3, 0.4) is 0 Å². The number of methoxy groups -OCH3 is 3. The third kappa shape index (κ3) is 14.7. The molecule has 0 radical (unpaired) electrons. The Hall–Kier alpha value is -2.54. The minimum Gasteiger partial charge on any atom is -0.412 e. The van der Waals surface area contributed by atoms with Gasteiger partial charge in [-0.25, -0.2) is 20.2 Å². The first kappa shape index (κ1) is 46.5. The lowest BCUT2D eigenvalue weighted by Gasteiger charge is -2.25. The van der Waals surface area contributed by atoms with Crippen LogP contribution in [0.15, 0.2) is 53.7 Å². The predicted molar refractivity (Wildman–Crippen MR) is 195 cm³/mol. The molecule has 3 aromatic heterocycles. The summed E-state index contributed by atoms with van der Waals surface area (Å²) in [6.07, 6.45) is 3.22. The summed E-state index contributed by atoms with van der Waals surface area (Å²) < 4.78 is 41.5. The molecule has 14 nitrogen and oxygen atoms in total. The molecule has 6 N–H and O–H groups in total. The van der Waals surface area contributed by atoms with E-state index in [1.54, 1.807) is 30.6 Å². The van der Waals surface area contributed by atoms with Crippen LogP contribution in [-0.4, -0.2) is 77.9 Å². The largest absolute Gasteiger partial charge is 0.412 e. The highest BCUT2D eigenvalue weighted by molar-refractivity contribution is 7.86. The molecule has 19 heteroatoms. The Morgan fingerprint density at radius 2 is 1.49 bits per heavy atom. The lowest BCUT2D eigenvalue weighted by Crippen LogP contribution is -2.37. The zero-order valence-corrected chi connectivity index (χ0v) is 32.2. The van der Waals surface area contributed by atoms with E-state index < -0.39 is 16.1 Å². The summed E-state index contributed by atoms with van der Waals surface area (Å²) in [5.74, 6) is 0.327. The average molecular weight is 791 g/mol. The number of aryl methyl sites for hydroxylation is 1. The molecule has 0 spiro atoms. The Labute approximate surface area is 307 Å². The Morgan fingerprint density at radius 1 is 0.959 bits per heavy atom. The van der Waals surface area contributed by atoms with Crippen molar-refractivity contribution >= 4 is 78.9 Å². The van der Waals surface area contributed by atoms with E-state index in [0.717, 1.165) is 28.1 Å². The van der Waals surface area contributed by atoms with Crippen LogP contribution in [-0.2, 0) is 34.5 Å². The second-order valence-electron chi connectivity index (χ2n) is 10.3. The van der Waals surface area contributed by atoms with Crippen LogP contribution in [0, 0.1) is 6.92 Å². The van der Waals surface area contributed by atoms with Crippen molar-refractivity contribution in [3.05, 3.63) is 70.5 Å². The molecule has 0 saturated carbocycles. The molecule has 49 heavy (non-hydrogen) atoms. The van der Waals surface area contributed by atoms with Crippen molar-refractivity contribution < 1.29 is 37.7 Å². The summed E-state index contributed by atoms with van der Waals surface area (Å²) in [7, 11) is 0.444. The maximum atomic E-state index is 10.8. The first-order valence-corrected chi connectivity index (χ1v) is 17.4. The number of alkyl halides is 2. The summed E-state index contributed by atoms with van der Waals surface area (Å²) in [5, 5.41) is 12.1. The quantitative estimate of drug-likeness (QED) is 0.0504.